The van der Waals surface area contributed by atoms with Crippen LogP contribution in [0.3, 0.4) is 0 Å². The molecule has 33 heavy (non-hydrogen) atoms. The number of ether oxygens (including phenoxy) is 1. The topological polar surface area (TPSA) is 92.8 Å². The Morgan fingerprint density at radius 3 is 1.97 bits per heavy atom. The van der Waals surface area contributed by atoms with E-state index in [2.05, 4.69) is 5.32 Å². The van der Waals surface area contributed by atoms with Gasteiger partial charge >= 0.3 is 5.97 Å². The number of anilines is 1. The van der Waals surface area contributed by atoms with E-state index in [1.807, 2.05) is 51.1 Å². The molecule has 178 valence electrons. The number of hydrogen-bond acceptors (Lipinski definition) is 5. The number of sulfonamides is 1. The predicted octanol–water partition coefficient (Wildman–Crippen LogP) is 3.81. The van der Waals surface area contributed by atoms with E-state index in [4.69, 9.17) is 4.74 Å². The molecule has 0 radical (unpaired) electrons. The molecule has 1 N–H and O–H groups in total. The molecule has 1 fully saturated rings. The Morgan fingerprint density at radius 1 is 0.909 bits per heavy atom. The van der Waals surface area contributed by atoms with Crippen molar-refractivity contribution in [3.8, 4) is 0 Å². The van der Waals surface area contributed by atoms with Gasteiger partial charge in [0.2, 0.25) is 10.0 Å². The van der Waals surface area contributed by atoms with Crippen LogP contribution < -0.4 is 5.32 Å². The monoisotopic (exact) mass is 472 g/mol. The standard InChI is InChI=1S/C25H32N2O5S/c1-16-10-17(2)14-22(13-16)26-23(28)15-32-25(29)21-6-8-27(9-7-21)33(30,31)24-19(4)11-18(3)12-20(24)5/h10-14,21H,6-9,15H2,1-5H3,(H,26,28). The van der Waals surface area contributed by atoms with Crippen LogP contribution in [0.4, 0.5) is 5.69 Å². The molecule has 0 atom stereocenters. The number of hydrogen-bond donors (Lipinski definition) is 1. The number of carbonyl (C=O) groups excluding carboxylic acids is 2. The number of esters is 1. The summed E-state index contributed by atoms with van der Waals surface area (Å²) in [5.41, 5.74) is 5.19. The van der Waals surface area contributed by atoms with Crippen molar-refractivity contribution in [1.82, 2.24) is 4.31 Å². The zero-order valence-corrected chi connectivity index (χ0v) is 20.7. The van der Waals surface area contributed by atoms with Crippen LogP contribution in [0.2, 0.25) is 0 Å². The van der Waals surface area contributed by atoms with Crippen molar-refractivity contribution in [2.45, 2.75) is 52.4 Å². The van der Waals surface area contributed by atoms with Crippen molar-refractivity contribution in [1.29, 1.82) is 0 Å². The van der Waals surface area contributed by atoms with Gasteiger partial charge in [0.25, 0.3) is 5.91 Å². The molecular formula is C25H32N2O5S. The van der Waals surface area contributed by atoms with Crippen LogP contribution in [-0.4, -0.2) is 44.3 Å². The summed E-state index contributed by atoms with van der Waals surface area (Å²) >= 11 is 0. The van der Waals surface area contributed by atoms with Crippen LogP contribution in [0.15, 0.2) is 35.2 Å². The maximum absolute atomic E-state index is 13.2. The number of nitrogens with one attached hydrogen (secondary N) is 1. The highest BCUT2D eigenvalue weighted by Crippen LogP contribution is 2.29. The molecule has 0 unspecified atom stereocenters. The van der Waals surface area contributed by atoms with Gasteiger partial charge in [0.15, 0.2) is 6.61 Å². The molecule has 8 heteroatoms. The van der Waals surface area contributed by atoms with Gasteiger partial charge in [-0.1, -0.05) is 23.8 Å². The SMILES string of the molecule is Cc1cc(C)cc(NC(=O)COC(=O)C2CCN(S(=O)(=O)c3c(C)cc(C)cc3C)CC2)c1. The van der Waals surface area contributed by atoms with Crippen LogP contribution in [0.5, 0.6) is 0 Å². The summed E-state index contributed by atoms with van der Waals surface area (Å²) in [7, 11) is -3.64. The third-order valence-electron chi connectivity index (χ3n) is 5.84. The Balaban J connectivity index is 1.54. The van der Waals surface area contributed by atoms with Crippen molar-refractivity contribution in [3.63, 3.8) is 0 Å². The molecule has 0 aliphatic carbocycles. The molecule has 1 amide bonds. The molecule has 1 saturated heterocycles. The average Bonchev–Trinajstić information content (AvgIpc) is 2.70. The maximum Gasteiger partial charge on any atom is 0.309 e. The number of carbonyl (C=O) groups is 2. The fraction of sp³-hybridized carbons (Fsp3) is 0.440. The Bertz CT molecular complexity index is 1120. The molecular weight excluding hydrogens is 440 g/mol. The third-order valence-corrected chi connectivity index (χ3v) is 8.05. The van der Waals surface area contributed by atoms with E-state index < -0.39 is 27.8 Å². The average molecular weight is 473 g/mol. The van der Waals surface area contributed by atoms with Crippen LogP contribution in [0, 0.1) is 40.5 Å². The summed E-state index contributed by atoms with van der Waals surface area (Å²) in [5, 5.41) is 2.74. The highest BCUT2D eigenvalue weighted by Gasteiger charge is 2.34. The van der Waals surface area contributed by atoms with E-state index in [1.54, 1.807) is 13.8 Å². The molecule has 0 aromatic heterocycles. The summed E-state index contributed by atoms with van der Waals surface area (Å²) in [4.78, 5) is 25.0. The van der Waals surface area contributed by atoms with Gasteiger partial charge in [0.1, 0.15) is 0 Å². The van der Waals surface area contributed by atoms with Crippen LogP contribution in [-0.2, 0) is 24.3 Å². The molecule has 1 heterocycles. The van der Waals surface area contributed by atoms with Crippen molar-refractivity contribution in [2.75, 3.05) is 25.0 Å². The largest absolute Gasteiger partial charge is 0.455 e. The Kier molecular flexibility index (Phi) is 7.59. The zero-order valence-electron chi connectivity index (χ0n) is 19.9. The number of benzene rings is 2. The molecule has 0 bridgehead atoms. The van der Waals surface area contributed by atoms with Crippen molar-refractivity contribution in [2.24, 2.45) is 5.92 Å². The number of rotatable bonds is 6. The Morgan fingerprint density at radius 2 is 1.42 bits per heavy atom. The van der Waals surface area contributed by atoms with E-state index >= 15 is 0 Å². The molecule has 2 aromatic carbocycles. The second-order valence-electron chi connectivity index (χ2n) is 8.94. The first-order valence-corrected chi connectivity index (χ1v) is 12.5. The second-order valence-corrected chi connectivity index (χ2v) is 10.8. The van der Waals surface area contributed by atoms with E-state index in [9.17, 15) is 18.0 Å². The van der Waals surface area contributed by atoms with Gasteiger partial charge in [-0.05, 0) is 81.8 Å². The first kappa shape index (κ1) is 24.9. The third kappa shape index (κ3) is 6.00. The van der Waals surface area contributed by atoms with Gasteiger partial charge in [-0.15, -0.1) is 0 Å². The minimum Gasteiger partial charge on any atom is -0.455 e. The van der Waals surface area contributed by atoms with Crippen molar-refractivity contribution in [3.05, 3.63) is 58.1 Å². The Labute approximate surface area is 196 Å². The first-order chi connectivity index (χ1) is 15.5. The van der Waals surface area contributed by atoms with Gasteiger partial charge in [0, 0.05) is 18.8 Å². The highest BCUT2D eigenvalue weighted by molar-refractivity contribution is 7.89. The fourth-order valence-corrected chi connectivity index (χ4v) is 6.41. The summed E-state index contributed by atoms with van der Waals surface area (Å²) < 4.78 is 33.1. The minimum absolute atomic E-state index is 0.240. The van der Waals surface area contributed by atoms with Gasteiger partial charge in [0.05, 0.1) is 10.8 Å². The minimum atomic E-state index is -3.64. The lowest BCUT2D eigenvalue weighted by Crippen LogP contribution is -2.41. The van der Waals surface area contributed by atoms with E-state index in [1.165, 1.54) is 4.31 Å². The van der Waals surface area contributed by atoms with Crippen molar-refractivity contribution < 1.29 is 22.7 Å². The van der Waals surface area contributed by atoms with Gasteiger partial charge in [-0.2, -0.15) is 4.31 Å². The summed E-state index contributed by atoms with van der Waals surface area (Å²) in [6.45, 7) is 9.54. The van der Waals surface area contributed by atoms with Crippen LogP contribution >= 0.6 is 0 Å². The lowest BCUT2D eigenvalue weighted by Gasteiger charge is -2.31. The number of aryl methyl sites for hydroxylation is 5. The number of nitrogens with zero attached hydrogens (tertiary/aromatic N) is 1. The molecule has 0 saturated carbocycles. The maximum atomic E-state index is 13.2. The molecule has 1 aliphatic rings. The van der Waals surface area contributed by atoms with Crippen LogP contribution in [0.25, 0.3) is 0 Å². The quantitative estimate of drug-likeness (QED) is 0.646. The second kappa shape index (κ2) is 10.1. The smallest absolute Gasteiger partial charge is 0.309 e. The number of piperidine rings is 1. The van der Waals surface area contributed by atoms with Gasteiger partial charge < -0.3 is 10.1 Å². The van der Waals surface area contributed by atoms with Crippen molar-refractivity contribution >= 4 is 27.6 Å². The Hall–Kier alpha value is -2.71. The highest BCUT2D eigenvalue weighted by atomic mass is 32.2. The summed E-state index contributed by atoms with van der Waals surface area (Å²) in [5.74, 6) is -1.30. The predicted molar refractivity (Wildman–Crippen MR) is 128 cm³/mol. The van der Waals surface area contributed by atoms with E-state index in [-0.39, 0.29) is 19.7 Å². The fourth-order valence-electron chi connectivity index (χ4n) is 4.53. The molecule has 2 aromatic rings. The molecule has 3 rings (SSSR count). The molecule has 7 nitrogen and oxygen atoms in total. The van der Waals surface area contributed by atoms with E-state index in [0.29, 0.717) is 23.4 Å². The van der Waals surface area contributed by atoms with Gasteiger partial charge in [-0.25, -0.2) is 8.42 Å². The van der Waals surface area contributed by atoms with Gasteiger partial charge in [-0.3, -0.25) is 9.59 Å². The lowest BCUT2D eigenvalue weighted by atomic mass is 9.98. The molecule has 0 spiro atoms. The lowest BCUT2D eigenvalue weighted by molar-refractivity contribution is -0.152. The van der Waals surface area contributed by atoms with E-state index in [0.717, 1.165) is 27.8 Å². The molecule has 1 aliphatic heterocycles. The summed E-state index contributed by atoms with van der Waals surface area (Å²) in [6, 6.07) is 9.44. The summed E-state index contributed by atoms with van der Waals surface area (Å²) in [6.07, 6.45) is 0.724. The normalized spacial score (nSPS) is 15.3. The number of amides is 1. The van der Waals surface area contributed by atoms with Crippen LogP contribution in [0.1, 0.15) is 40.7 Å². The zero-order chi connectivity index (χ0) is 24.3. The first-order valence-electron chi connectivity index (χ1n) is 11.1.